The minimum Gasteiger partial charge on any atom is -0.282 e. The molecule has 0 unspecified atom stereocenters. The van der Waals surface area contributed by atoms with Crippen LogP contribution in [0.5, 0.6) is 0 Å². The van der Waals surface area contributed by atoms with Crippen LogP contribution in [0.1, 0.15) is 179 Å². The second-order valence-electron chi connectivity index (χ2n) is 12.9. The minimum atomic E-state index is -4.24. The molecule has 0 spiro atoms. The van der Waals surface area contributed by atoms with Gasteiger partial charge < -0.3 is 0 Å². The van der Waals surface area contributed by atoms with Crippen molar-refractivity contribution in [3.05, 3.63) is 41.5 Å². The lowest BCUT2D eigenvalue weighted by atomic mass is 9.98. The fourth-order valence-corrected chi connectivity index (χ4v) is 7.06. The van der Waals surface area contributed by atoms with Gasteiger partial charge >= 0.3 is 0 Å². The van der Waals surface area contributed by atoms with E-state index in [0.29, 0.717) is 6.42 Å². The summed E-state index contributed by atoms with van der Waals surface area (Å²) in [5, 5.41) is 1.98. The van der Waals surface area contributed by atoms with Crippen LogP contribution >= 0.6 is 0 Å². The molecule has 0 atom stereocenters. The number of rotatable bonds is 27. The number of aryl methyl sites for hydroxylation is 2. The average molecular weight is 601 g/mol. The zero-order valence-corrected chi connectivity index (χ0v) is 28.3. The summed E-state index contributed by atoms with van der Waals surface area (Å²) in [4.78, 5) is 0.0978. The summed E-state index contributed by atoms with van der Waals surface area (Å²) in [5.41, 5.74) is 2.01. The van der Waals surface area contributed by atoms with Crippen molar-refractivity contribution in [2.45, 2.75) is 186 Å². The molecule has 0 bridgehead atoms. The molecule has 0 amide bonds. The zero-order valence-electron chi connectivity index (χ0n) is 27.4. The van der Waals surface area contributed by atoms with Crippen molar-refractivity contribution in [3.8, 4) is 0 Å². The molecule has 0 heterocycles. The van der Waals surface area contributed by atoms with Crippen molar-refractivity contribution in [2.75, 3.05) is 0 Å². The maximum absolute atomic E-state index is 12.3. The Kier molecular flexibility index (Phi) is 20.2. The van der Waals surface area contributed by atoms with Gasteiger partial charge in [-0.15, -0.1) is 0 Å². The summed E-state index contributed by atoms with van der Waals surface area (Å²) in [5.74, 6) is 0. The molecule has 0 saturated carbocycles. The van der Waals surface area contributed by atoms with E-state index in [1.54, 1.807) is 6.07 Å². The van der Waals surface area contributed by atoms with Gasteiger partial charge in [-0.1, -0.05) is 173 Å². The molecule has 240 valence electrons. The highest BCUT2D eigenvalue weighted by Gasteiger charge is 2.16. The second kappa shape index (κ2) is 23.1. The van der Waals surface area contributed by atoms with Crippen molar-refractivity contribution in [1.82, 2.24) is 0 Å². The van der Waals surface area contributed by atoms with Crippen molar-refractivity contribution in [3.63, 3.8) is 0 Å². The van der Waals surface area contributed by atoms with Gasteiger partial charge in [0, 0.05) is 0 Å². The number of fused-ring (bicyclic) bond motifs is 1. The normalized spacial score (nSPS) is 12.0. The Morgan fingerprint density at radius 1 is 0.476 bits per heavy atom. The summed E-state index contributed by atoms with van der Waals surface area (Å²) in [6.07, 6.45) is 33.2. The van der Waals surface area contributed by atoms with Crippen LogP contribution in [0.4, 0.5) is 0 Å². The summed E-state index contributed by atoms with van der Waals surface area (Å²) in [6, 6.07) is 10.1. The molecule has 0 aliphatic carbocycles. The predicted octanol–water partition coefficient (Wildman–Crippen LogP) is 12.6. The Labute approximate surface area is 260 Å². The minimum absolute atomic E-state index is 0.0978. The topological polar surface area (TPSA) is 54.4 Å². The first-order valence-corrected chi connectivity index (χ1v) is 19.4. The van der Waals surface area contributed by atoms with Crippen LogP contribution < -0.4 is 0 Å². The molecular weight excluding hydrogens is 536 g/mol. The molecule has 3 nitrogen and oxygen atoms in total. The Bertz CT molecular complexity index is 1060. The highest BCUT2D eigenvalue weighted by atomic mass is 32.2. The second-order valence-corrected chi connectivity index (χ2v) is 14.3. The van der Waals surface area contributed by atoms with Crippen molar-refractivity contribution in [1.29, 1.82) is 0 Å². The van der Waals surface area contributed by atoms with Crippen molar-refractivity contribution in [2.24, 2.45) is 0 Å². The third-order valence-corrected chi connectivity index (χ3v) is 9.92. The van der Waals surface area contributed by atoms with Gasteiger partial charge in [0.1, 0.15) is 0 Å². The molecule has 4 heteroatoms. The first-order valence-electron chi connectivity index (χ1n) is 18.0. The fourth-order valence-electron chi connectivity index (χ4n) is 6.29. The van der Waals surface area contributed by atoms with Gasteiger partial charge in [0.05, 0.1) is 4.90 Å². The van der Waals surface area contributed by atoms with E-state index in [0.717, 1.165) is 35.6 Å². The van der Waals surface area contributed by atoms with E-state index in [-0.39, 0.29) is 4.90 Å². The molecule has 0 aliphatic heterocycles. The van der Waals surface area contributed by atoms with Crippen LogP contribution in [0.3, 0.4) is 0 Å². The first kappa shape index (κ1) is 36.8. The number of benzene rings is 2. The smallest absolute Gasteiger partial charge is 0.282 e. The monoisotopic (exact) mass is 600 g/mol. The summed E-state index contributed by atoms with van der Waals surface area (Å²) < 4.78 is 34.5. The molecule has 0 radical (unpaired) electrons. The van der Waals surface area contributed by atoms with Gasteiger partial charge in [-0.3, -0.25) is 4.55 Å². The third kappa shape index (κ3) is 16.5. The van der Waals surface area contributed by atoms with E-state index >= 15 is 0 Å². The Morgan fingerprint density at radius 3 is 1.31 bits per heavy atom. The van der Waals surface area contributed by atoms with Crippen molar-refractivity contribution >= 4 is 20.9 Å². The van der Waals surface area contributed by atoms with Crippen LogP contribution in [0.25, 0.3) is 10.8 Å². The van der Waals surface area contributed by atoms with E-state index in [4.69, 9.17) is 0 Å². The maximum atomic E-state index is 12.3. The number of hydrogen-bond donors (Lipinski definition) is 1. The van der Waals surface area contributed by atoms with Gasteiger partial charge in [-0.2, -0.15) is 8.42 Å². The van der Waals surface area contributed by atoms with Crippen LogP contribution in [-0.2, 0) is 23.0 Å². The van der Waals surface area contributed by atoms with Crippen LogP contribution in [0, 0.1) is 0 Å². The third-order valence-electron chi connectivity index (χ3n) is 8.98. The van der Waals surface area contributed by atoms with E-state index in [2.05, 4.69) is 32.0 Å². The maximum Gasteiger partial charge on any atom is 0.294 e. The predicted molar refractivity (Wildman–Crippen MR) is 183 cm³/mol. The Morgan fingerprint density at radius 2 is 0.881 bits per heavy atom. The largest absolute Gasteiger partial charge is 0.294 e. The Balaban J connectivity index is 1.70. The van der Waals surface area contributed by atoms with Crippen LogP contribution in [0.2, 0.25) is 0 Å². The summed E-state index contributed by atoms with van der Waals surface area (Å²) in [7, 11) is -4.24. The van der Waals surface area contributed by atoms with E-state index in [1.165, 1.54) is 147 Å². The first-order chi connectivity index (χ1) is 20.5. The van der Waals surface area contributed by atoms with E-state index < -0.39 is 10.1 Å². The number of hydrogen-bond acceptors (Lipinski definition) is 2. The number of unbranched alkanes of at least 4 members (excludes halogenated alkanes) is 22. The summed E-state index contributed by atoms with van der Waals surface area (Å²) in [6.45, 7) is 4.54. The Hall–Kier alpha value is -1.39. The molecule has 42 heavy (non-hydrogen) atoms. The fraction of sp³-hybridized carbons (Fsp3) is 0.737. The molecule has 2 aromatic rings. The molecule has 0 fully saturated rings. The van der Waals surface area contributed by atoms with E-state index in [1.807, 2.05) is 6.07 Å². The lowest BCUT2D eigenvalue weighted by molar-refractivity contribution is 0.481. The van der Waals surface area contributed by atoms with E-state index in [9.17, 15) is 13.0 Å². The van der Waals surface area contributed by atoms with Gasteiger partial charge in [-0.25, -0.2) is 0 Å². The molecular formula is C38H64O3S. The van der Waals surface area contributed by atoms with Crippen molar-refractivity contribution < 1.29 is 13.0 Å². The van der Waals surface area contributed by atoms with Gasteiger partial charge in [-0.05, 0) is 59.7 Å². The zero-order chi connectivity index (χ0) is 30.3. The quantitative estimate of drug-likeness (QED) is 0.0819. The lowest BCUT2D eigenvalue weighted by Crippen LogP contribution is -2.04. The molecule has 1 N–H and O–H groups in total. The van der Waals surface area contributed by atoms with Crippen LogP contribution in [0.15, 0.2) is 35.2 Å². The SMILES string of the molecule is CCCCCCCCCCCCCCc1ccc2cc(CCCCCCCCCCCCCC)c(S(=O)(=O)O)cc2c1. The molecule has 0 saturated heterocycles. The summed E-state index contributed by atoms with van der Waals surface area (Å²) >= 11 is 0. The molecule has 2 rings (SSSR count). The lowest BCUT2D eigenvalue weighted by Gasteiger charge is -2.11. The highest BCUT2D eigenvalue weighted by molar-refractivity contribution is 7.85. The average Bonchev–Trinajstić information content (AvgIpc) is 2.97. The molecule has 0 aliphatic rings. The molecule has 0 aromatic heterocycles. The van der Waals surface area contributed by atoms with Crippen LogP contribution in [-0.4, -0.2) is 13.0 Å². The van der Waals surface area contributed by atoms with Gasteiger partial charge in [0.15, 0.2) is 0 Å². The highest BCUT2D eigenvalue weighted by Crippen LogP contribution is 2.27. The molecule has 2 aromatic carbocycles. The van der Waals surface area contributed by atoms with Gasteiger partial charge in [0.2, 0.25) is 0 Å². The standard InChI is InChI=1S/C38H64O3S/c1-3-5-7-9-11-13-15-17-19-21-23-25-27-34-29-30-35-32-36(38(42(39,40)41)33-37(35)31-34)28-26-24-22-20-18-16-14-12-10-8-6-4-2/h29-33H,3-28H2,1-2H3,(H,39,40,41). The van der Waals surface area contributed by atoms with Gasteiger partial charge in [0.25, 0.3) is 10.1 Å².